The first kappa shape index (κ1) is 27.8. The van der Waals surface area contributed by atoms with E-state index in [0.717, 1.165) is 52.4 Å². The number of aromatic nitrogens is 4. The van der Waals surface area contributed by atoms with Gasteiger partial charge in [-0.05, 0) is 48.4 Å². The quantitative estimate of drug-likeness (QED) is 0.301. The normalized spacial score (nSPS) is 18.9. The van der Waals surface area contributed by atoms with Crippen LogP contribution < -0.4 is 10.2 Å². The molecule has 2 aromatic heterocycles. The summed E-state index contributed by atoms with van der Waals surface area (Å²) < 4.78 is 27.9. The fourth-order valence-corrected chi connectivity index (χ4v) is 6.29. The first-order valence-electron chi connectivity index (χ1n) is 15.0. The third-order valence-electron chi connectivity index (χ3n) is 8.83. The Morgan fingerprint density at radius 2 is 1.86 bits per heavy atom. The first-order valence-corrected chi connectivity index (χ1v) is 15.0. The van der Waals surface area contributed by atoms with Crippen molar-refractivity contribution in [3.8, 4) is 18.1 Å². The second-order valence-corrected chi connectivity index (χ2v) is 11.9. The average Bonchev–Trinajstić information content (AvgIpc) is 3.74. The van der Waals surface area contributed by atoms with Crippen molar-refractivity contribution in [3.05, 3.63) is 47.5 Å². The van der Waals surface area contributed by atoms with E-state index < -0.39 is 5.82 Å². The summed E-state index contributed by atoms with van der Waals surface area (Å²) in [6, 6.07) is 6.19. The summed E-state index contributed by atoms with van der Waals surface area (Å²) >= 11 is 0. The minimum Gasteiger partial charge on any atom is -0.508 e. The van der Waals surface area contributed by atoms with E-state index in [1.807, 2.05) is 4.57 Å². The highest BCUT2D eigenvalue weighted by Crippen LogP contribution is 2.46. The monoisotopic (exact) mass is 585 g/mol. The van der Waals surface area contributed by atoms with Crippen LogP contribution in [0.25, 0.3) is 21.9 Å². The van der Waals surface area contributed by atoms with Crippen molar-refractivity contribution in [1.29, 1.82) is 0 Å². The fraction of sp³-hybridized carbons (Fsp3) is 0.469. The Labute approximate surface area is 249 Å². The van der Waals surface area contributed by atoms with Gasteiger partial charge in [0.15, 0.2) is 17.0 Å². The number of hydrogen-bond acceptors (Lipinski definition) is 9. The largest absolute Gasteiger partial charge is 0.508 e. The topological polar surface area (TPSA) is 101 Å². The summed E-state index contributed by atoms with van der Waals surface area (Å²) in [5.74, 6) is 3.44. The predicted molar refractivity (Wildman–Crippen MR) is 163 cm³/mol. The van der Waals surface area contributed by atoms with Crippen LogP contribution in [0.4, 0.5) is 16.2 Å². The van der Waals surface area contributed by atoms with Gasteiger partial charge in [0.2, 0.25) is 5.95 Å². The number of phenolic OH excluding ortho intramolecular Hbond substituents is 1. The lowest BCUT2D eigenvalue weighted by molar-refractivity contribution is 0.0294. The van der Waals surface area contributed by atoms with Gasteiger partial charge in [-0.1, -0.05) is 12.0 Å². The summed E-state index contributed by atoms with van der Waals surface area (Å²) in [7, 11) is 0. The van der Waals surface area contributed by atoms with Crippen LogP contribution in [0.15, 0.2) is 30.6 Å². The molecule has 3 aliphatic rings. The molecule has 2 aromatic carbocycles. The van der Waals surface area contributed by atoms with E-state index in [2.05, 4.69) is 21.0 Å². The van der Waals surface area contributed by atoms with Crippen molar-refractivity contribution in [2.45, 2.75) is 25.8 Å². The lowest BCUT2D eigenvalue weighted by atomic mass is 9.98. The molecular formula is C32H36FN7O3. The number of halogens is 1. The highest BCUT2D eigenvalue weighted by Gasteiger charge is 2.44. The van der Waals surface area contributed by atoms with Crippen LogP contribution in [0.1, 0.15) is 30.4 Å². The number of terminal acetylenes is 1. The Morgan fingerprint density at radius 3 is 2.67 bits per heavy atom. The van der Waals surface area contributed by atoms with E-state index in [0.29, 0.717) is 65.6 Å². The molecule has 0 atom stereocenters. The molecule has 0 unspecified atom stereocenters. The number of morpholine rings is 1. The maximum atomic E-state index is 14.7. The molecule has 0 bridgehead atoms. The molecule has 2 saturated heterocycles. The number of phenols is 1. The van der Waals surface area contributed by atoms with E-state index in [1.165, 1.54) is 18.9 Å². The molecule has 4 aromatic rings. The van der Waals surface area contributed by atoms with Gasteiger partial charge in [-0.15, -0.1) is 6.42 Å². The number of imidazole rings is 1. The highest BCUT2D eigenvalue weighted by molar-refractivity contribution is 5.93. The second-order valence-electron chi connectivity index (χ2n) is 11.9. The predicted octanol–water partition coefficient (Wildman–Crippen LogP) is 3.60. The Kier molecular flexibility index (Phi) is 7.51. The molecule has 1 aliphatic carbocycles. The molecule has 2 N–H and O–H groups in total. The van der Waals surface area contributed by atoms with Gasteiger partial charge in [-0.25, -0.2) is 9.37 Å². The van der Waals surface area contributed by atoms with Crippen LogP contribution in [0.3, 0.4) is 0 Å². The van der Waals surface area contributed by atoms with Crippen molar-refractivity contribution in [1.82, 2.24) is 24.4 Å². The smallest absolute Gasteiger partial charge is 0.229 e. The van der Waals surface area contributed by atoms with Gasteiger partial charge in [0, 0.05) is 56.7 Å². The van der Waals surface area contributed by atoms with Gasteiger partial charge < -0.3 is 29.4 Å². The standard InChI is InChI=1S/C32H36FN7O3/c1-2-25-26(33)5-4-22-16-24(41)17-23(27(22)25)18-40-21-35-28-29(34-19-32(6-7-32)20-38-9-13-43-14-10-38)36-31(37-30(28)40)39-8-3-12-42-15-11-39/h1,4-5,16-17,21,41H,3,6-15,18-20H2,(H,34,36,37). The summed E-state index contributed by atoms with van der Waals surface area (Å²) in [6.07, 6.45) is 10.7. The van der Waals surface area contributed by atoms with Gasteiger partial charge in [-0.3, -0.25) is 4.90 Å². The van der Waals surface area contributed by atoms with Gasteiger partial charge in [0.1, 0.15) is 11.6 Å². The zero-order valence-electron chi connectivity index (χ0n) is 24.2. The van der Waals surface area contributed by atoms with E-state index in [9.17, 15) is 9.50 Å². The molecule has 11 heteroatoms. The Balaban J connectivity index is 1.25. The molecule has 0 spiro atoms. The van der Waals surface area contributed by atoms with Gasteiger partial charge in [0.25, 0.3) is 0 Å². The molecule has 7 rings (SSSR count). The summed E-state index contributed by atoms with van der Waals surface area (Å²) in [4.78, 5) is 19.4. The maximum absolute atomic E-state index is 14.7. The zero-order chi connectivity index (χ0) is 29.4. The molecule has 224 valence electrons. The molecule has 0 radical (unpaired) electrons. The Bertz CT molecular complexity index is 1680. The van der Waals surface area contributed by atoms with Crippen molar-refractivity contribution in [3.63, 3.8) is 0 Å². The van der Waals surface area contributed by atoms with Crippen LogP contribution in [-0.2, 0) is 16.0 Å². The number of ether oxygens (including phenoxy) is 2. The third-order valence-corrected chi connectivity index (χ3v) is 8.83. The highest BCUT2D eigenvalue weighted by atomic mass is 19.1. The SMILES string of the molecule is C#Cc1c(F)ccc2cc(O)cc(Cn3cnc4c(NCC5(CN6CCOCC6)CC5)nc(N5CCCOCC5)nc43)c12. The summed E-state index contributed by atoms with van der Waals surface area (Å²) in [6.45, 7) is 8.48. The van der Waals surface area contributed by atoms with Crippen LogP contribution >= 0.6 is 0 Å². The molecule has 0 amide bonds. The molecule has 4 heterocycles. The van der Waals surface area contributed by atoms with Crippen molar-refractivity contribution < 1.29 is 19.0 Å². The number of rotatable bonds is 8. The van der Waals surface area contributed by atoms with Crippen LogP contribution in [0.5, 0.6) is 5.75 Å². The summed E-state index contributed by atoms with van der Waals surface area (Å²) in [5, 5.41) is 15.4. The van der Waals surface area contributed by atoms with Crippen molar-refractivity contribution >= 4 is 33.7 Å². The van der Waals surface area contributed by atoms with E-state index in [-0.39, 0.29) is 16.7 Å². The molecule has 3 fully saturated rings. The number of aromatic hydroxyl groups is 1. The lowest BCUT2D eigenvalue weighted by Crippen LogP contribution is -2.41. The minimum atomic E-state index is -0.469. The van der Waals surface area contributed by atoms with Crippen LogP contribution in [0.2, 0.25) is 0 Å². The van der Waals surface area contributed by atoms with Crippen molar-refractivity contribution in [2.75, 3.05) is 75.9 Å². The van der Waals surface area contributed by atoms with E-state index >= 15 is 0 Å². The second kappa shape index (κ2) is 11.6. The zero-order valence-corrected chi connectivity index (χ0v) is 24.2. The number of fused-ring (bicyclic) bond motifs is 2. The van der Waals surface area contributed by atoms with E-state index in [4.69, 9.17) is 30.8 Å². The Hall–Kier alpha value is -3.98. The van der Waals surface area contributed by atoms with Crippen LogP contribution in [-0.4, -0.2) is 95.2 Å². The third kappa shape index (κ3) is 5.70. The molecular weight excluding hydrogens is 549 g/mol. The van der Waals surface area contributed by atoms with Crippen molar-refractivity contribution in [2.24, 2.45) is 5.41 Å². The number of nitrogens with one attached hydrogen (secondary N) is 1. The number of benzene rings is 2. The molecule has 10 nitrogen and oxygen atoms in total. The lowest BCUT2D eigenvalue weighted by Gasteiger charge is -2.30. The number of anilines is 2. The molecule has 43 heavy (non-hydrogen) atoms. The first-order chi connectivity index (χ1) is 21.0. The fourth-order valence-electron chi connectivity index (χ4n) is 6.29. The Morgan fingerprint density at radius 1 is 1.05 bits per heavy atom. The van der Waals surface area contributed by atoms with Crippen LogP contribution in [0, 0.1) is 23.6 Å². The van der Waals surface area contributed by atoms with Gasteiger partial charge in [0.05, 0.1) is 38.3 Å². The molecule has 2 aliphatic heterocycles. The van der Waals surface area contributed by atoms with Gasteiger partial charge >= 0.3 is 0 Å². The molecule has 1 saturated carbocycles. The number of nitrogens with zero attached hydrogens (tertiary/aromatic N) is 6. The minimum absolute atomic E-state index is 0.0822. The van der Waals surface area contributed by atoms with E-state index in [1.54, 1.807) is 24.5 Å². The average molecular weight is 586 g/mol. The van der Waals surface area contributed by atoms with Gasteiger partial charge in [-0.2, -0.15) is 9.97 Å². The summed E-state index contributed by atoms with van der Waals surface area (Å²) in [5.41, 5.74) is 2.40. The number of hydrogen-bond donors (Lipinski definition) is 2. The maximum Gasteiger partial charge on any atom is 0.229 e.